The maximum atomic E-state index is 4.52. The van der Waals surface area contributed by atoms with Gasteiger partial charge in [0.05, 0.1) is 5.52 Å². The van der Waals surface area contributed by atoms with E-state index >= 15 is 0 Å². The van der Waals surface area contributed by atoms with E-state index in [1.807, 2.05) is 18.3 Å². The van der Waals surface area contributed by atoms with E-state index in [0.717, 1.165) is 5.52 Å². The fourth-order valence-electron chi connectivity index (χ4n) is 2.87. The number of nitrogens with zero attached hydrogens (tertiary/aromatic N) is 1. The zero-order chi connectivity index (χ0) is 15.6. The zero-order valence-corrected chi connectivity index (χ0v) is 14.6. The molecule has 0 fully saturated rings. The molecule has 0 saturated heterocycles. The van der Waals surface area contributed by atoms with Gasteiger partial charge in [0.25, 0.3) is 0 Å². The van der Waals surface area contributed by atoms with Crippen molar-refractivity contribution in [1.82, 2.24) is 4.98 Å². The first kappa shape index (κ1) is 14.4. The lowest BCUT2D eigenvalue weighted by molar-refractivity contribution is 1.39. The summed E-state index contributed by atoms with van der Waals surface area (Å²) in [6.45, 7) is 0. The number of fused-ring (bicyclic) bond motifs is 1. The average Bonchev–Trinajstić information content (AvgIpc) is 2.63. The number of para-hydroxylation sites is 1. The first-order chi connectivity index (χ1) is 11.3. The average molecular weight is 407 g/mol. The molecule has 1 heterocycles. The lowest BCUT2D eigenvalue weighted by atomic mass is 9.98. The van der Waals surface area contributed by atoms with Crippen LogP contribution in [-0.4, -0.2) is 4.98 Å². The van der Waals surface area contributed by atoms with Crippen LogP contribution in [0.15, 0.2) is 85.1 Å². The van der Waals surface area contributed by atoms with Gasteiger partial charge in [-0.3, -0.25) is 4.98 Å². The van der Waals surface area contributed by atoms with Gasteiger partial charge in [0, 0.05) is 20.7 Å². The normalized spacial score (nSPS) is 10.8. The number of halogens is 1. The monoisotopic (exact) mass is 407 g/mol. The van der Waals surface area contributed by atoms with Gasteiger partial charge in [-0.05, 0) is 45.3 Å². The minimum atomic E-state index is 1.04. The molecule has 0 atom stereocenters. The van der Waals surface area contributed by atoms with Crippen molar-refractivity contribution in [2.24, 2.45) is 0 Å². The summed E-state index contributed by atoms with van der Waals surface area (Å²) in [6, 6.07) is 27.6. The van der Waals surface area contributed by atoms with Crippen molar-refractivity contribution in [3.8, 4) is 22.3 Å². The molecule has 4 rings (SSSR count). The summed E-state index contributed by atoms with van der Waals surface area (Å²) in [5.41, 5.74) is 6.01. The van der Waals surface area contributed by atoms with E-state index in [1.165, 1.54) is 31.2 Å². The molecule has 110 valence electrons. The highest BCUT2D eigenvalue weighted by atomic mass is 127. The van der Waals surface area contributed by atoms with Crippen LogP contribution in [0.3, 0.4) is 0 Å². The van der Waals surface area contributed by atoms with Gasteiger partial charge in [0.2, 0.25) is 0 Å². The molecule has 1 nitrogen and oxygen atoms in total. The molecule has 3 aromatic carbocycles. The van der Waals surface area contributed by atoms with Gasteiger partial charge >= 0.3 is 0 Å². The number of benzene rings is 3. The van der Waals surface area contributed by atoms with Crippen molar-refractivity contribution in [3.63, 3.8) is 0 Å². The number of hydrogen-bond acceptors (Lipinski definition) is 1. The van der Waals surface area contributed by atoms with E-state index in [0.29, 0.717) is 0 Å². The number of pyridine rings is 1. The van der Waals surface area contributed by atoms with Crippen molar-refractivity contribution in [2.75, 3.05) is 0 Å². The first-order valence-corrected chi connectivity index (χ1v) is 8.60. The molecule has 0 spiro atoms. The summed E-state index contributed by atoms with van der Waals surface area (Å²) < 4.78 is 1.17. The topological polar surface area (TPSA) is 12.9 Å². The highest BCUT2D eigenvalue weighted by molar-refractivity contribution is 14.1. The van der Waals surface area contributed by atoms with Crippen LogP contribution in [0.1, 0.15) is 0 Å². The summed E-state index contributed by atoms with van der Waals surface area (Å²) in [5.74, 6) is 0. The van der Waals surface area contributed by atoms with Crippen molar-refractivity contribution in [2.45, 2.75) is 0 Å². The molecule has 23 heavy (non-hydrogen) atoms. The third kappa shape index (κ3) is 2.75. The Morgan fingerprint density at radius 1 is 0.609 bits per heavy atom. The van der Waals surface area contributed by atoms with Crippen molar-refractivity contribution in [3.05, 3.63) is 88.6 Å². The van der Waals surface area contributed by atoms with E-state index in [-0.39, 0.29) is 0 Å². The van der Waals surface area contributed by atoms with Crippen molar-refractivity contribution < 1.29 is 0 Å². The maximum Gasteiger partial charge on any atom is 0.0709 e. The molecule has 0 aliphatic heterocycles. The zero-order valence-electron chi connectivity index (χ0n) is 12.4. The number of hydrogen-bond donors (Lipinski definition) is 0. The van der Waals surface area contributed by atoms with Crippen LogP contribution < -0.4 is 0 Å². The fraction of sp³-hybridized carbons (Fsp3) is 0. The van der Waals surface area contributed by atoms with E-state index < -0.39 is 0 Å². The minimum absolute atomic E-state index is 1.04. The second-order valence-electron chi connectivity index (χ2n) is 5.44. The van der Waals surface area contributed by atoms with Crippen molar-refractivity contribution >= 4 is 33.5 Å². The van der Waals surface area contributed by atoms with E-state index in [9.17, 15) is 0 Å². The molecule has 0 saturated carbocycles. The van der Waals surface area contributed by atoms with E-state index in [2.05, 4.69) is 94.3 Å². The van der Waals surface area contributed by atoms with Gasteiger partial charge in [0.15, 0.2) is 0 Å². The Morgan fingerprint density at radius 2 is 1.22 bits per heavy atom. The summed E-state index contributed by atoms with van der Waals surface area (Å²) in [5, 5.41) is 1.20. The standard InChI is InChI=1S/C21H14IN/c22-19-14-23-20-9-5-4-8-18(20)21(19)17-12-10-16(11-13-17)15-6-2-1-3-7-15/h1-14H. The van der Waals surface area contributed by atoms with Gasteiger partial charge in [-0.15, -0.1) is 0 Å². The molecular weight excluding hydrogens is 393 g/mol. The first-order valence-electron chi connectivity index (χ1n) is 7.52. The molecule has 0 aliphatic carbocycles. The maximum absolute atomic E-state index is 4.52. The van der Waals surface area contributed by atoms with Crippen LogP contribution in [0.25, 0.3) is 33.2 Å². The van der Waals surface area contributed by atoms with Gasteiger partial charge in [-0.1, -0.05) is 72.8 Å². The molecule has 0 unspecified atom stereocenters. The molecule has 2 heteroatoms. The molecular formula is C21H14IN. The van der Waals surface area contributed by atoms with Gasteiger partial charge in [-0.25, -0.2) is 0 Å². The lowest BCUT2D eigenvalue weighted by Gasteiger charge is -2.10. The second-order valence-corrected chi connectivity index (χ2v) is 6.60. The third-order valence-electron chi connectivity index (χ3n) is 4.01. The Labute approximate surface area is 149 Å². The SMILES string of the molecule is Ic1cnc2ccccc2c1-c1ccc(-c2ccccc2)cc1. The predicted molar refractivity (Wildman–Crippen MR) is 105 cm³/mol. The summed E-state index contributed by atoms with van der Waals surface area (Å²) in [4.78, 5) is 4.52. The van der Waals surface area contributed by atoms with Gasteiger partial charge in [-0.2, -0.15) is 0 Å². The van der Waals surface area contributed by atoms with Crippen LogP contribution >= 0.6 is 22.6 Å². The molecule has 4 aromatic rings. The number of aromatic nitrogens is 1. The van der Waals surface area contributed by atoms with Crippen molar-refractivity contribution in [1.29, 1.82) is 0 Å². The summed E-state index contributed by atoms with van der Waals surface area (Å²) in [7, 11) is 0. The Kier molecular flexibility index (Phi) is 3.83. The van der Waals surface area contributed by atoms with Crippen LogP contribution in [0, 0.1) is 3.57 Å². The minimum Gasteiger partial charge on any atom is -0.255 e. The van der Waals surface area contributed by atoms with E-state index in [4.69, 9.17) is 0 Å². The Balaban J connectivity index is 1.84. The van der Waals surface area contributed by atoms with Crippen LogP contribution in [-0.2, 0) is 0 Å². The second kappa shape index (κ2) is 6.13. The molecule has 1 aromatic heterocycles. The highest BCUT2D eigenvalue weighted by Gasteiger charge is 2.09. The summed E-state index contributed by atoms with van der Waals surface area (Å²) in [6.07, 6.45) is 1.95. The van der Waals surface area contributed by atoms with Gasteiger partial charge < -0.3 is 0 Å². The molecule has 0 N–H and O–H groups in total. The molecule has 0 bridgehead atoms. The quantitative estimate of drug-likeness (QED) is 0.362. The third-order valence-corrected chi connectivity index (χ3v) is 4.83. The predicted octanol–water partition coefficient (Wildman–Crippen LogP) is 6.17. The Bertz CT molecular complexity index is 960. The summed E-state index contributed by atoms with van der Waals surface area (Å²) >= 11 is 2.37. The molecule has 0 aliphatic rings. The largest absolute Gasteiger partial charge is 0.255 e. The fourth-order valence-corrected chi connectivity index (χ4v) is 3.61. The number of rotatable bonds is 2. The van der Waals surface area contributed by atoms with Crippen LogP contribution in [0.5, 0.6) is 0 Å². The Hall–Kier alpha value is -2.20. The highest BCUT2D eigenvalue weighted by Crippen LogP contribution is 2.33. The van der Waals surface area contributed by atoms with Crippen LogP contribution in [0.4, 0.5) is 0 Å². The smallest absolute Gasteiger partial charge is 0.0709 e. The molecule has 0 amide bonds. The Morgan fingerprint density at radius 3 is 2.00 bits per heavy atom. The van der Waals surface area contributed by atoms with Gasteiger partial charge in [0.1, 0.15) is 0 Å². The van der Waals surface area contributed by atoms with E-state index in [1.54, 1.807) is 0 Å². The lowest BCUT2D eigenvalue weighted by Crippen LogP contribution is -1.89. The molecule has 0 radical (unpaired) electrons. The van der Waals surface area contributed by atoms with Crippen LogP contribution in [0.2, 0.25) is 0 Å².